The van der Waals surface area contributed by atoms with Crippen LogP contribution in [-0.2, 0) is 9.53 Å². The van der Waals surface area contributed by atoms with Crippen LogP contribution in [0.2, 0.25) is 0 Å². The van der Waals surface area contributed by atoms with E-state index in [1.165, 1.54) is 0 Å². The Labute approximate surface area is 125 Å². The molecule has 6 heteroatoms. The lowest BCUT2D eigenvalue weighted by Gasteiger charge is -2.36. The number of amides is 1. The second-order valence-corrected chi connectivity index (χ2v) is 5.04. The average Bonchev–Trinajstić information content (AvgIpc) is 2.53. The number of hydrogen-bond donors (Lipinski definition) is 2. The lowest BCUT2D eigenvalue weighted by atomic mass is 10.2. The van der Waals surface area contributed by atoms with E-state index in [1.807, 2.05) is 19.9 Å². The van der Waals surface area contributed by atoms with Crippen LogP contribution < -0.4 is 15.5 Å². The Hall–Kier alpha value is -1.82. The highest BCUT2D eigenvalue weighted by molar-refractivity contribution is 5.85. The molecule has 116 valence electrons. The minimum absolute atomic E-state index is 0.0189. The number of pyridine rings is 1. The third-order valence-corrected chi connectivity index (χ3v) is 3.42. The van der Waals surface area contributed by atoms with Crippen LogP contribution in [0, 0.1) is 0 Å². The number of carbonyl (C=O) groups is 1. The summed E-state index contributed by atoms with van der Waals surface area (Å²) in [6, 6.07) is 1.74. The van der Waals surface area contributed by atoms with E-state index in [2.05, 4.69) is 20.5 Å². The molecular weight excluding hydrogens is 268 g/mol. The summed E-state index contributed by atoms with van der Waals surface area (Å²) in [7, 11) is 0. The molecule has 1 atom stereocenters. The number of aromatic nitrogens is 1. The summed E-state index contributed by atoms with van der Waals surface area (Å²) in [5.74, 6) is 0.0189. The molecule has 1 aromatic rings. The zero-order valence-electron chi connectivity index (χ0n) is 12.8. The van der Waals surface area contributed by atoms with Crippen molar-refractivity contribution in [2.24, 2.45) is 0 Å². The molecule has 1 unspecified atom stereocenters. The maximum Gasteiger partial charge on any atom is 0.245 e. The van der Waals surface area contributed by atoms with Crippen molar-refractivity contribution in [2.45, 2.75) is 26.3 Å². The number of rotatable bonds is 6. The van der Waals surface area contributed by atoms with Gasteiger partial charge in [0.2, 0.25) is 5.91 Å². The Morgan fingerprint density at radius 2 is 2.33 bits per heavy atom. The van der Waals surface area contributed by atoms with Gasteiger partial charge in [0.25, 0.3) is 0 Å². The Morgan fingerprint density at radius 1 is 1.48 bits per heavy atom. The van der Waals surface area contributed by atoms with Crippen molar-refractivity contribution in [1.82, 2.24) is 10.3 Å². The summed E-state index contributed by atoms with van der Waals surface area (Å²) in [6.07, 6.45) is 4.52. The second-order valence-electron chi connectivity index (χ2n) is 5.04. The van der Waals surface area contributed by atoms with Crippen LogP contribution in [0.3, 0.4) is 0 Å². The minimum Gasteiger partial charge on any atom is -0.384 e. The predicted molar refractivity (Wildman–Crippen MR) is 83.7 cm³/mol. The number of nitrogens with zero attached hydrogens (tertiary/aromatic N) is 2. The van der Waals surface area contributed by atoms with Gasteiger partial charge < -0.3 is 20.3 Å². The van der Waals surface area contributed by atoms with Crippen LogP contribution in [0.25, 0.3) is 0 Å². The first-order valence-electron chi connectivity index (χ1n) is 7.57. The van der Waals surface area contributed by atoms with Crippen LogP contribution in [0.4, 0.5) is 11.4 Å². The van der Waals surface area contributed by atoms with Crippen LogP contribution in [0.5, 0.6) is 0 Å². The van der Waals surface area contributed by atoms with E-state index in [0.29, 0.717) is 26.3 Å². The highest BCUT2D eigenvalue weighted by atomic mass is 16.5. The van der Waals surface area contributed by atoms with Crippen molar-refractivity contribution in [3.8, 4) is 0 Å². The molecule has 2 rings (SSSR count). The molecule has 1 amide bonds. The zero-order chi connectivity index (χ0) is 15.1. The van der Waals surface area contributed by atoms with Crippen molar-refractivity contribution in [1.29, 1.82) is 0 Å². The summed E-state index contributed by atoms with van der Waals surface area (Å²) in [6.45, 7) is 7.36. The minimum atomic E-state index is -0.288. The van der Waals surface area contributed by atoms with Gasteiger partial charge in [-0.25, -0.2) is 0 Å². The van der Waals surface area contributed by atoms with E-state index < -0.39 is 0 Å². The molecule has 0 radical (unpaired) electrons. The molecule has 0 aliphatic carbocycles. The first-order valence-corrected chi connectivity index (χ1v) is 7.57. The number of carbonyl (C=O) groups excluding carboxylic acids is 1. The monoisotopic (exact) mass is 292 g/mol. The van der Waals surface area contributed by atoms with Gasteiger partial charge in [-0.2, -0.15) is 0 Å². The molecule has 1 aliphatic rings. The third kappa shape index (κ3) is 4.07. The Morgan fingerprint density at radius 3 is 3.10 bits per heavy atom. The first kappa shape index (κ1) is 15.6. The molecule has 6 nitrogen and oxygen atoms in total. The molecule has 0 spiro atoms. The summed E-state index contributed by atoms with van der Waals surface area (Å²) in [5.41, 5.74) is 1.92. The zero-order valence-corrected chi connectivity index (χ0v) is 12.8. The molecule has 0 saturated carbocycles. The second kappa shape index (κ2) is 7.83. The number of morpholine rings is 1. The molecule has 1 aliphatic heterocycles. The van der Waals surface area contributed by atoms with Gasteiger partial charge in [0.05, 0.1) is 37.0 Å². The SMILES string of the molecule is CCCNC(=O)C1COCCN1c1cncc(NCC)c1. The molecule has 1 aromatic heterocycles. The molecule has 2 N–H and O–H groups in total. The normalized spacial score (nSPS) is 18.4. The van der Waals surface area contributed by atoms with Crippen LogP contribution in [0.1, 0.15) is 20.3 Å². The van der Waals surface area contributed by atoms with Gasteiger partial charge in [-0.05, 0) is 19.4 Å². The van der Waals surface area contributed by atoms with Gasteiger partial charge in [-0.3, -0.25) is 9.78 Å². The molecule has 2 heterocycles. The first-order chi connectivity index (χ1) is 10.3. The quantitative estimate of drug-likeness (QED) is 0.826. The van der Waals surface area contributed by atoms with Gasteiger partial charge in [-0.1, -0.05) is 6.92 Å². The number of nitrogens with one attached hydrogen (secondary N) is 2. The van der Waals surface area contributed by atoms with Crippen LogP contribution in [0.15, 0.2) is 18.5 Å². The summed E-state index contributed by atoms with van der Waals surface area (Å²) >= 11 is 0. The standard InChI is InChI=1S/C15H24N4O2/c1-3-5-18-15(20)14-11-21-7-6-19(14)13-8-12(17-4-2)9-16-10-13/h8-10,14,17H,3-7,11H2,1-2H3,(H,18,20). The highest BCUT2D eigenvalue weighted by Gasteiger charge is 2.29. The van der Waals surface area contributed by atoms with E-state index >= 15 is 0 Å². The van der Waals surface area contributed by atoms with Crippen molar-refractivity contribution in [3.63, 3.8) is 0 Å². The van der Waals surface area contributed by atoms with E-state index in [9.17, 15) is 4.79 Å². The van der Waals surface area contributed by atoms with Gasteiger partial charge in [0, 0.05) is 19.6 Å². The topological polar surface area (TPSA) is 66.5 Å². The van der Waals surface area contributed by atoms with Crippen molar-refractivity contribution in [2.75, 3.05) is 43.1 Å². The third-order valence-electron chi connectivity index (χ3n) is 3.42. The van der Waals surface area contributed by atoms with Gasteiger partial charge in [-0.15, -0.1) is 0 Å². The van der Waals surface area contributed by atoms with E-state index in [4.69, 9.17) is 4.74 Å². The van der Waals surface area contributed by atoms with E-state index in [-0.39, 0.29) is 11.9 Å². The van der Waals surface area contributed by atoms with Gasteiger partial charge >= 0.3 is 0 Å². The largest absolute Gasteiger partial charge is 0.384 e. The fourth-order valence-electron chi connectivity index (χ4n) is 2.38. The molecule has 1 saturated heterocycles. The number of ether oxygens (including phenoxy) is 1. The van der Waals surface area contributed by atoms with Crippen LogP contribution >= 0.6 is 0 Å². The molecule has 21 heavy (non-hydrogen) atoms. The highest BCUT2D eigenvalue weighted by Crippen LogP contribution is 2.22. The lowest BCUT2D eigenvalue weighted by molar-refractivity contribution is -0.124. The molecule has 0 aromatic carbocycles. The summed E-state index contributed by atoms with van der Waals surface area (Å²) in [5, 5.41) is 6.19. The molecular formula is C15H24N4O2. The predicted octanol–water partition coefficient (Wildman–Crippen LogP) is 1.24. The lowest BCUT2D eigenvalue weighted by Crippen LogP contribution is -2.54. The van der Waals surface area contributed by atoms with E-state index in [0.717, 1.165) is 24.3 Å². The number of anilines is 2. The Balaban J connectivity index is 2.14. The van der Waals surface area contributed by atoms with E-state index in [1.54, 1.807) is 12.4 Å². The van der Waals surface area contributed by atoms with Crippen molar-refractivity contribution < 1.29 is 9.53 Å². The van der Waals surface area contributed by atoms with Gasteiger partial charge in [0.15, 0.2) is 0 Å². The van der Waals surface area contributed by atoms with Crippen LogP contribution in [-0.4, -0.2) is 49.8 Å². The average molecular weight is 292 g/mol. The Bertz CT molecular complexity index is 467. The maximum atomic E-state index is 12.3. The Kier molecular flexibility index (Phi) is 5.80. The smallest absolute Gasteiger partial charge is 0.245 e. The maximum absolute atomic E-state index is 12.3. The summed E-state index contributed by atoms with van der Waals surface area (Å²) in [4.78, 5) is 18.6. The molecule has 1 fully saturated rings. The summed E-state index contributed by atoms with van der Waals surface area (Å²) < 4.78 is 5.47. The number of hydrogen-bond acceptors (Lipinski definition) is 5. The van der Waals surface area contributed by atoms with Crippen molar-refractivity contribution in [3.05, 3.63) is 18.5 Å². The fraction of sp³-hybridized carbons (Fsp3) is 0.600. The van der Waals surface area contributed by atoms with Crippen molar-refractivity contribution >= 4 is 17.3 Å². The fourth-order valence-corrected chi connectivity index (χ4v) is 2.38. The van der Waals surface area contributed by atoms with Gasteiger partial charge in [0.1, 0.15) is 6.04 Å². The molecule has 0 bridgehead atoms.